The fourth-order valence-electron chi connectivity index (χ4n) is 2.56. The fraction of sp³-hybridized carbons (Fsp3) is 0.353. The van der Waals surface area contributed by atoms with Crippen LogP contribution in [-0.2, 0) is 11.4 Å². The highest BCUT2D eigenvalue weighted by molar-refractivity contribution is 7.09. The van der Waals surface area contributed by atoms with Crippen LogP contribution in [-0.4, -0.2) is 52.8 Å². The van der Waals surface area contributed by atoms with Crippen LogP contribution in [0.15, 0.2) is 29.6 Å². The number of rotatable bonds is 4. The molecule has 0 radical (unpaired) electrons. The Morgan fingerprint density at radius 2 is 1.88 bits per heavy atom. The van der Waals surface area contributed by atoms with Gasteiger partial charge in [0, 0.05) is 38.5 Å². The molecule has 1 aromatic carbocycles. The van der Waals surface area contributed by atoms with Crippen molar-refractivity contribution in [3.63, 3.8) is 0 Å². The number of hydrogen-bond acceptors (Lipinski definition) is 5. The molecular weight excluding hydrogens is 345 g/mol. The van der Waals surface area contributed by atoms with Crippen LogP contribution in [0.2, 0.25) is 0 Å². The Hall–Kier alpha value is -2.48. The normalized spacial score (nSPS) is 14.5. The molecule has 2 heterocycles. The molecule has 1 saturated heterocycles. The number of nitrogens with zero attached hydrogens (tertiary/aromatic N) is 3. The second-order valence-corrected chi connectivity index (χ2v) is 6.59. The second-order valence-electron chi connectivity index (χ2n) is 5.64. The molecule has 132 valence electrons. The fourth-order valence-corrected chi connectivity index (χ4v) is 3.24. The van der Waals surface area contributed by atoms with Gasteiger partial charge < -0.3 is 14.5 Å². The largest absolute Gasteiger partial charge is 0.483 e. The van der Waals surface area contributed by atoms with Gasteiger partial charge in [0.25, 0.3) is 5.91 Å². The Morgan fingerprint density at radius 1 is 1.20 bits per heavy atom. The molecular formula is C17H18FN3O3S. The highest BCUT2D eigenvalue weighted by Crippen LogP contribution is 2.19. The number of benzene rings is 1. The van der Waals surface area contributed by atoms with Crippen LogP contribution >= 0.6 is 11.3 Å². The van der Waals surface area contributed by atoms with Crippen molar-refractivity contribution in [2.75, 3.05) is 26.2 Å². The molecule has 0 bridgehead atoms. The van der Waals surface area contributed by atoms with Crippen LogP contribution in [0.1, 0.15) is 22.4 Å². The Morgan fingerprint density at radius 3 is 2.56 bits per heavy atom. The second kappa shape index (κ2) is 7.60. The van der Waals surface area contributed by atoms with E-state index < -0.39 is 5.82 Å². The van der Waals surface area contributed by atoms with Crippen molar-refractivity contribution >= 4 is 23.2 Å². The number of amides is 2. The number of carbonyl (C=O) groups is 2. The smallest absolute Gasteiger partial charge is 0.273 e. The summed E-state index contributed by atoms with van der Waals surface area (Å²) in [5.41, 5.74) is 0.355. The molecule has 0 saturated carbocycles. The molecule has 8 heteroatoms. The van der Waals surface area contributed by atoms with Gasteiger partial charge in [-0.05, 0) is 12.1 Å². The van der Waals surface area contributed by atoms with Crippen LogP contribution in [0.4, 0.5) is 4.39 Å². The first-order chi connectivity index (χ1) is 12.0. The van der Waals surface area contributed by atoms with Crippen molar-refractivity contribution in [3.8, 4) is 5.75 Å². The third kappa shape index (κ3) is 4.14. The van der Waals surface area contributed by atoms with E-state index in [-0.39, 0.29) is 24.2 Å². The molecule has 6 nitrogen and oxygen atoms in total. The predicted molar refractivity (Wildman–Crippen MR) is 91.0 cm³/mol. The van der Waals surface area contributed by atoms with Crippen LogP contribution in [0, 0.1) is 5.82 Å². The van der Waals surface area contributed by atoms with E-state index in [4.69, 9.17) is 4.74 Å². The summed E-state index contributed by atoms with van der Waals surface area (Å²) in [4.78, 5) is 31.5. The summed E-state index contributed by atoms with van der Waals surface area (Å²) in [5, 5.41) is 2.29. The van der Waals surface area contributed by atoms with Crippen LogP contribution in [0.3, 0.4) is 0 Å². The number of hydrogen-bond donors (Lipinski definition) is 0. The number of ether oxygens (including phenoxy) is 1. The van der Waals surface area contributed by atoms with Gasteiger partial charge in [-0.15, -0.1) is 11.3 Å². The summed E-state index contributed by atoms with van der Waals surface area (Å²) in [6, 6.07) is 6.15. The minimum Gasteiger partial charge on any atom is -0.483 e. The third-order valence-electron chi connectivity index (χ3n) is 3.97. The van der Waals surface area contributed by atoms with E-state index in [0.717, 1.165) is 0 Å². The minimum absolute atomic E-state index is 0.0216. The van der Waals surface area contributed by atoms with E-state index >= 15 is 0 Å². The minimum atomic E-state index is -0.432. The van der Waals surface area contributed by atoms with Gasteiger partial charge >= 0.3 is 0 Å². The molecule has 0 unspecified atom stereocenters. The number of carbonyl (C=O) groups excluding carboxylic acids is 2. The van der Waals surface area contributed by atoms with Crippen molar-refractivity contribution in [1.82, 2.24) is 14.8 Å². The summed E-state index contributed by atoms with van der Waals surface area (Å²) in [6.45, 7) is 3.70. The molecule has 1 aliphatic rings. The summed E-state index contributed by atoms with van der Waals surface area (Å²) in [6.07, 6.45) is 0. The van der Waals surface area contributed by atoms with Gasteiger partial charge in [0.15, 0.2) is 11.6 Å². The van der Waals surface area contributed by atoms with Crippen molar-refractivity contribution in [2.45, 2.75) is 13.5 Å². The maximum absolute atomic E-state index is 13.5. The molecule has 2 amide bonds. The molecule has 0 spiro atoms. The molecule has 1 aromatic heterocycles. The first kappa shape index (κ1) is 17.3. The van der Waals surface area contributed by atoms with Gasteiger partial charge in [-0.3, -0.25) is 9.59 Å². The Balaban J connectivity index is 1.57. The lowest BCUT2D eigenvalue weighted by Crippen LogP contribution is -2.50. The molecule has 3 rings (SSSR count). The van der Waals surface area contributed by atoms with E-state index in [1.807, 2.05) is 0 Å². The topological polar surface area (TPSA) is 62.7 Å². The lowest BCUT2D eigenvalue weighted by atomic mass is 10.3. The Kier molecular flexibility index (Phi) is 5.28. The summed E-state index contributed by atoms with van der Waals surface area (Å²) >= 11 is 1.30. The standard InChI is InChI=1S/C17H18FN3O3S/c1-12(22)20-6-8-21(9-7-20)17(23)14-11-25-16(19-14)10-24-15-5-3-2-4-13(15)18/h2-5,11H,6-10H2,1H3. The van der Waals surface area contributed by atoms with Crippen molar-refractivity contribution in [1.29, 1.82) is 0 Å². The van der Waals surface area contributed by atoms with Crippen molar-refractivity contribution < 1.29 is 18.7 Å². The SMILES string of the molecule is CC(=O)N1CCN(C(=O)c2csc(COc3ccccc3F)n2)CC1. The van der Waals surface area contributed by atoms with Gasteiger partial charge in [-0.1, -0.05) is 12.1 Å². The highest BCUT2D eigenvalue weighted by Gasteiger charge is 2.24. The molecule has 1 aliphatic heterocycles. The lowest BCUT2D eigenvalue weighted by Gasteiger charge is -2.33. The Labute approximate surface area is 148 Å². The molecule has 0 N–H and O–H groups in total. The molecule has 0 aliphatic carbocycles. The molecule has 0 atom stereocenters. The zero-order valence-corrected chi connectivity index (χ0v) is 14.6. The number of halogens is 1. The average Bonchev–Trinajstić information content (AvgIpc) is 3.09. The zero-order valence-electron chi connectivity index (χ0n) is 13.8. The quantitative estimate of drug-likeness (QED) is 0.835. The van der Waals surface area contributed by atoms with E-state index in [9.17, 15) is 14.0 Å². The Bertz CT molecular complexity index is 772. The highest BCUT2D eigenvalue weighted by atomic mass is 32.1. The van der Waals surface area contributed by atoms with E-state index in [1.54, 1.807) is 33.4 Å². The third-order valence-corrected chi connectivity index (χ3v) is 4.79. The maximum Gasteiger partial charge on any atom is 0.273 e. The van der Waals surface area contributed by atoms with Gasteiger partial charge in [-0.25, -0.2) is 9.37 Å². The molecule has 1 fully saturated rings. The van der Waals surface area contributed by atoms with Crippen LogP contribution < -0.4 is 4.74 Å². The number of piperazine rings is 1. The van der Waals surface area contributed by atoms with Gasteiger partial charge in [-0.2, -0.15) is 0 Å². The summed E-state index contributed by atoms with van der Waals surface area (Å²) < 4.78 is 18.9. The van der Waals surface area contributed by atoms with Crippen LogP contribution in [0.5, 0.6) is 5.75 Å². The maximum atomic E-state index is 13.5. The van der Waals surface area contributed by atoms with Gasteiger partial charge in [0.2, 0.25) is 5.91 Å². The first-order valence-electron chi connectivity index (χ1n) is 7.91. The van der Waals surface area contributed by atoms with E-state index in [0.29, 0.717) is 36.9 Å². The number of para-hydroxylation sites is 1. The zero-order chi connectivity index (χ0) is 17.8. The van der Waals surface area contributed by atoms with E-state index in [1.165, 1.54) is 24.3 Å². The molecule has 2 aromatic rings. The van der Waals surface area contributed by atoms with Crippen molar-refractivity contribution in [2.24, 2.45) is 0 Å². The number of thiazole rings is 1. The summed E-state index contributed by atoms with van der Waals surface area (Å²) in [5.74, 6) is -0.408. The summed E-state index contributed by atoms with van der Waals surface area (Å²) in [7, 11) is 0. The number of aromatic nitrogens is 1. The van der Waals surface area contributed by atoms with E-state index in [2.05, 4.69) is 4.98 Å². The molecule has 25 heavy (non-hydrogen) atoms. The monoisotopic (exact) mass is 363 g/mol. The lowest BCUT2D eigenvalue weighted by molar-refractivity contribution is -0.130. The predicted octanol–water partition coefficient (Wildman–Crippen LogP) is 2.17. The van der Waals surface area contributed by atoms with Gasteiger partial charge in [0.05, 0.1) is 0 Å². The average molecular weight is 363 g/mol. The van der Waals surface area contributed by atoms with Crippen LogP contribution in [0.25, 0.3) is 0 Å². The van der Waals surface area contributed by atoms with Gasteiger partial charge in [0.1, 0.15) is 17.3 Å². The first-order valence-corrected chi connectivity index (χ1v) is 8.79. The van der Waals surface area contributed by atoms with Crippen molar-refractivity contribution in [3.05, 3.63) is 46.2 Å².